The zero-order valence-corrected chi connectivity index (χ0v) is 14.9. The SMILES string of the molecule is O=C(NC[C@@H]1CCCN(C(=O)CCc2ccsc2)C1)[C@H]1CCCN1. The molecule has 6 heteroatoms. The highest BCUT2D eigenvalue weighted by atomic mass is 32.1. The minimum Gasteiger partial charge on any atom is -0.354 e. The summed E-state index contributed by atoms with van der Waals surface area (Å²) < 4.78 is 0. The summed E-state index contributed by atoms with van der Waals surface area (Å²) in [6, 6.07) is 2.07. The minimum atomic E-state index is -0.0167. The fraction of sp³-hybridized carbons (Fsp3) is 0.667. The van der Waals surface area contributed by atoms with E-state index in [9.17, 15) is 9.59 Å². The van der Waals surface area contributed by atoms with Gasteiger partial charge in [0.2, 0.25) is 11.8 Å². The highest BCUT2D eigenvalue weighted by molar-refractivity contribution is 7.07. The first-order valence-corrected chi connectivity index (χ1v) is 9.96. The Bertz CT molecular complexity index is 540. The summed E-state index contributed by atoms with van der Waals surface area (Å²) in [6.45, 7) is 3.26. The van der Waals surface area contributed by atoms with Gasteiger partial charge in [-0.15, -0.1) is 0 Å². The lowest BCUT2D eigenvalue weighted by Gasteiger charge is -2.33. The molecule has 0 aromatic carbocycles. The van der Waals surface area contributed by atoms with E-state index in [1.54, 1.807) is 11.3 Å². The zero-order chi connectivity index (χ0) is 16.8. The molecule has 0 unspecified atom stereocenters. The van der Waals surface area contributed by atoms with Crippen molar-refractivity contribution in [1.29, 1.82) is 0 Å². The van der Waals surface area contributed by atoms with Gasteiger partial charge in [-0.3, -0.25) is 9.59 Å². The number of amides is 2. The molecule has 2 N–H and O–H groups in total. The predicted octanol–water partition coefficient (Wildman–Crippen LogP) is 1.79. The second-order valence-corrected chi connectivity index (χ2v) is 7.65. The number of hydrogen-bond acceptors (Lipinski definition) is 4. The third-order valence-corrected chi connectivity index (χ3v) is 5.75. The Morgan fingerprint density at radius 2 is 2.25 bits per heavy atom. The molecule has 0 saturated carbocycles. The molecule has 2 amide bonds. The Labute approximate surface area is 147 Å². The van der Waals surface area contributed by atoms with Gasteiger partial charge in [0.1, 0.15) is 0 Å². The second kappa shape index (κ2) is 8.62. The van der Waals surface area contributed by atoms with Gasteiger partial charge in [-0.2, -0.15) is 11.3 Å². The van der Waals surface area contributed by atoms with E-state index in [1.165, 1.54) is 5.56 Å². The lowest BCUT2D eigenvalue weighted by Crippen LogP contribution is -2.46. The van der Waals surface area contributed by atoms with Gasteiger partial charge in [-0.1, -0.05) is 0 Å². The fourth-order valence-electron chi connectivity index (χ4n) is 3.58. The van der Waals surface area contributed by atoms with Gasteiger partial charge in [0.15, 0.2) is 0 Å². The van der Waals surface area contributed by atoms with Crippen LogP contribution in [0.5, 0.6) is 0 Å². The third kappa shape index (κ3) is 4.80. The Kier molecular flexibility index (Phi) is 6.26. The monoisotopic (exact) mass is 349 g/mol. The van der Waals surface area contributed by atoms with E-state index in [-0.39, 0.29) is 17.9 Å². The smallest absolute Gasteiger partial charge is 0.237 e. The summed E-state index contributed by atoms with van der Waals surface area (Å²) in [5.74, 6) is 0.747. The van der Waals surface area contributed by atoms with E-state index < -0.39 is 0 Å². The Morgan fingerprint density at radius 3 is 3.00 bits per heavy atom. The largest absolute Gasteiger partial charge is 0.354 e. The van der Waals surface area contributed by atoms with Crippen LogP contribution < -0.4 is 10.6 Å². The van der Waals surface area contributed by atoms with E-state index in [2.05, 4.69) is 27.5 Å². The lowest BCUT2D eigenvalue weighted by molar-refractivity contribution is -0.132. The first-order chi connectivity index (χ1) is 11.7. The van der Waals surface area contributed by atoms with Crippen LogP contribution in [0.15, 0.2) is 16.8 Å². The van der Waals surface area contributed by atoms with Gasteiger partial charge < -0.3 is 15.5 Å². The average molecular weight is 350 g/mol. The molecular weight excluding hydrogens is 322 g/mol. The van der Waals surface area contributed by atoms with E-state index in [4.69, 9.17) is 0 Å². The number of nitrogens with zero attached hydrogens (tertiary/aromatic N) is 1. The highest BCUT2D eigenvalue weighted by Crippen LogP contribution is 2.18. The normalized spacial score (nSPS) is 24.1. The molecule has 0 aliphatic carbocycles. The summed E-state index contributed by atoms with van der Waals surface area (Å²) in [7, 11) is 0. The van der Waals surface area contributed by atoms with Gasteiger partial charge in [0.05, 0.1) is 6.04 Å². The summed E-state index contributed by atoms with van der Waals surface area (Å²) in [4.78, 5) is 26.5. The van der Waals surface area contributed by atoms with E-state index in [0.717, 1.165) is 51.7 Å². The van der Waals surface area contributed by atoms with Crippen LogP contribution >= 0.6 is 11.3 Å². The van der Waals surface area contributed by atoms with Crippen LogP contribution in [0.2, 0.25) is 0 Å². The molecule has 2 aliphatic rings. The van der Waals surface area contributed by atoms with Crippen LogP contribution in [0, 0.1) is 5.92 Å². The van der Waals surface area contributed by atoms with Crippen molar-refractivity contribution >= 4 is 23.2 Å². The summed E-state index contributed by atoms with van der Waals surface area (Å²) in [6.07, 6.45) is 5.55. The number of nitrogens with one attached hydrogen (secondary N) is 2. The molecule has 0 radical (unpaired) electrons. The van der Waals surface area contributed by atoms with Crippen LogP contribution in [0.1, 0.15) is 37.7 Å². The summed E-state index contributed by atoms with van der Waals surface area (Å²) in [5, 5.41) is 10.5. The van der Waals surface area contributed by atoms with Crippen molar-refractivity contribution in [3.63, 3.8) is 0 Å². The predicted molar refractivity (Wildman–Crippen MR) is 96.0 cm³/mol. The van der Waals surface area contributed by atoms with Crippen LogP contribution in [0.4, 0.5) is 0 Å². The van der Waals surface area contributed by atoms with Crippen molar-refractivity contribution in [3.8, 4) is 0 Å². The number of rotatable bonds is 6. The third-order valence-electron chi connectivity index (χ3n) is 5.02. The van der Waals surface area contributed by atoms with Gasteiger partial charge in [-0.25, -0.2) is 0 Å². The Morgan fingerprint density at radius 1 is 1.33 bits per heavy atom. The van der Waals surface area contributed by atoms with Crippen LogP contribution in [0.25, 0.3) is 0 Å². The number of carbonyl (C=O) groups excluding carboxylic acids is 2. The van der Waals surface area contributed by atoms with Crippen LogP contribution in [0.3, 0.4) is 0 Å². The summed E-state index contributed by atoms with van der Waals surface area (Å²) >= 11 is 1.68. The Balaban J connectivity index is 1.40. The highest BCUT2D eigenvalue weighted by Gasteiger charge is 2.26. The summed E-state index contributed by atoms with van der Waals surface area (Å²) in [5.41, 5.74) is 1.25. The standard InChI is InChI=1S/C18H27N3O2S/c22-17(6-5-14-7-10-24-13-14)21-9-2-3-15(12-21)11-20-18(23)16-4-1-8-19-16/h7,10,13,15-16,19H,1-6,8-9,11-12H2,(H,20,23)/t15-,16+/m0/s1. The van der Waals surface area contributed by atoms with Crippen LogP contribution in [-0.2, 0) is 16.0 Å². The molecule has 0 spiro atoms. The topological polar surface area (TPSA) is 61.4 Å². The van der Waals surface area contributed by atoms with Gasteiger partial charge in [-0.05, 0) is 67.0 Å². The maximum atomic E-state index is 12.4. The molecule has 2 fully saturated rings. The van der Waals surface area contributed by atoms with Gasteiger partial charge >= 0.3 is 0 Å². The quantitative estimate of drug-likeness (QED) is 0.823. The number of piperidine rings is 1. The molecule has 2 aliphatic heterocycles. The van der Waals surface area contributed by atoms with E-state index in [0.29, 0.717) is 18.9 Å². The molecule has 24 heavy (non-hydrogen) atoms. The van der Waals surface area contributed by atoms with Crippen molar-refractivity contribution in [2.24, 2.45) is 5.92 Å². The first kappa shape index (κ1) is 17.4. The molecule has 2 saturated heterocycles. The molecule has 3 rings (SSSR count). The van der Waals surface area contributed by atoms with Crippen LogP contribution in [-0.4, -0.2) is 48.9 Å². The molecule has 5 nitrogen and oxygen atoms in total. The number of likely N-dealkylation sites (tertiary alicyclic amines) is 1. The number of carbonyl (C=O) groups is 2. The number of hydrogen-bond donors (Lipinski definition) is 2. The van der Waals surface area contributed by atoms with Crippen molar-refractivity contribution in [2.75, 3.05) is 26.2 Å². The fourth-order valence-corrected chi connectivity index (χ4v) is 4.28. The maximum absolute atomic E-state index is 12.4. The zero-order valence-electron chi connectivity index (χ0n) is 14.1. The lowest BCUT2D eigenvalue weighted by atomic mass is 9.97. The van der Waals surface area contributed by atoms with Crippen molar-refractivity contribution < 1.29 is 9.59 Å². The molecule has 3 heterocycles. The molecular formula is C18H27N3O2S. The molecule has 1 aromatic heterocycles. The van der Waals surface area contributed by atoms with E-state index in [1.807, 2.05) is 4.90 Å². The van der Waals surface area contributed by atoms with E-state index >= 15 is 0 Å². The van der Waals surface area contributed by atoms with Gasteiger partial charge in [0.25, 0.3) is 0 Å². The number of thiophene rings is 1. The Hall–Kier alpha value is -1.40. The first-order valence-electron chi connectivity index (χ1n) is 9.02. The average Bonchev–Trinajstić information content (AvgIpc) is 3.31. The molecule has 132 valence electrons. The maximum Gasteiger partial charge on any atom is 0.237 e. The van der Waals surface area contributed by atoms with Crippen molar-refractivity contribution in [2.45, 2.75) is 44.6 Å². The number of aryl methyl sites for hydroxylation is 1. The molecule has 0 bridgehead atoms. The van der Waals surface area contributed by atoms with Crippen molar-refractivity contribution in [3.05, 3.63) is 22.4 Å². The van der Waals surface area contributed by atoms with Gasteiger partial charge in [0, 0.05) is 26.1 Å². The molecule has 2 atom stereocenters. The molecule has 1 aromatic rings. The minimum absolute atomic E-state index is 0.0167. The second-order valence-electron chi connectivity index (χ2n) is 6.87. The van der Waals surface area contributed by atoms with Crippen molar-refractivity contribution in [1.82, 2.24) is 15.5 Å².